The molecule has 15 heavy (non-hydrogen) atoms. The van der Waals surface area contributed by atoms with Crippen molar-refractivity contribution in [3.05, 3.63) is 33.6 Å². The van der Waals surface area contributed by atoms with E-state index in [2.05, 4.69) is 20.9 Å². The number of rotatable bonds is 1. The second-order valence-corrected chi connectivity index (χ2v) is 5.15. The summed E-state index contributed by atoms with van der Waals surface area (Å²) in [5, 5.41) is 0.376. The maximum atomic E-state index is 13.0. The number of hydrogen-bond acceptors (Lipinski definition) is 3. The number of aromatic nitrogens is 1. The molecule has 6 heteroatoms. The fourth-order valence-corrected chi connectivity index (χ4v) is 2.53. The van der Waals surface area contributed by atoms with Crippen LogP contribution in [0.15, 0.2) is 22.0 Å². The third kappa shape index (κ3) is 2.00. The van der Waals surface area contributed by atoms with Gasteiger partial charge in [-0.15, -0.1) is 0 Å². The van der Waals surface area contributed by atoms with Crippen LogP contribution in [0.4, 0.5) is 13.9 Å². The van der Waals surface area contributed by atoms with Crippen molar-refractivity contribution in [3.63, 3.8) is 0 Å². The summed E-state index contributed by atoms with van der Waals surface area (Å²) in [5.74, 6) is -1.77. The lowest BCUT2D eigenvalue weighted by molar-refractivity contribution is 0.509. The Balaban J connectivity index is 2.54. The number of anilines is 1. The molecule has 2 N–H and O–H groups in total. The van der Waals surface area contributed by atoms with Crippen molar-refractivity contribution in [1.29, 1.82) is 0 Å². The highest BCUT2D eigenvalue weighted by atomic mass is 79.9. The average molecular weight is 291 g/mol. The molecule has 0 spiro atoms. The van der Waals surface area contributed by atoms with Gasteiger partial charge in [0.25, 0.3) is 0 Å². The Morgan fingerprint density at radius 1 is 1.27 bits per heavy atom. The van der Waals surface area contributed by atoms with Gasteiger partial charge >= 0.3 is 0 Å². The van der Waals surface area contributed by atoms with Gasteiger partial charge in [0.05, 0.1) is 9.48 Å². The summed E-state index contributed by atoms with van der Waals surface area (Å²) in [6.45, 7) is 0. The fourth-order valence-electron chi connectivity index (χ4n) is 1.14. The topological polar surface area (TPSA) is 38.9 Å². The Bertz CT molecular complexity index is 513. The van der Waals surface area contributed by atoms with E-state index in [9.17, 15) is 8.78 Å². The summed E-state index contributed by atoms with van der Waals surface area (Å²) in [4.78, 5) is 4.01. The molecule has 0 aliphatic rings. The molecule has 0 fully saturated rings. The molecule has 0 atom stereocenters. The van der Waals surface area contributed by atoms with Gasteiger partial charge in [-0.2, -0.15) is 0 Å². The van der Waals surface area contributed by atoms with E-state index in [1.165, 1.54) is 17.4 Å². The Morgan fingerprint density at radius 2 is 2.00 bits per heavy atom. The Morgan fingerprint density at radius 3 is 2.53 bits per heavy atom. The third-order valence-corrected chi connectivity index (χ3v) is 3.33. The van der Waals surface area contributed by atoms with Gasteiger partial charge in [-0.05, 0) is 34.1 Å². The van der Waals surface area contributed by atoms with Crippen LogP contribution in [0.2, 0.25) is 0 Å². The van der Waals surface area contributed by atoms with Gasteiger partial charge in [-0.1, -0.05) is 11.3 Å². The zero-order chi connectivity index (χ0) is 11.0. The number of hydrogen-bond donors (Lipinski definition) is 1. The number of thiazole rings is 1. The summed E-state index contributed by atoms with van der Waals surface area (Å²) >= 11 is 4.50. The van der Waals surface area contributed by atoms with Crippen molar-refractivity contribution in [2.75, 3.05) is 5.73 Å². The first kappa shape index (κ1) is 10.5. The zero-order valence-electron chi connectivity index (χ0n) is 7.30. The van der Waals surface area contributed by atoms with Crippen molar-refractivity contribution in [2.45, 2.75) is 0 Å². The highest BCUT2D eigenvalue weighted by molar-refractivity contribution is 9.11. The van der Waals surface area contributed by atoms with Gasteiger partial charge in [0.15, 0.2) is 16.8 Å². The average Bonchev–Trinajstić information content (AvgIpc) is 2.50. The first-order valence-electron chi connectivity index (χ1n) is 3.95. The third-order valence-electron chi connectivity index (χ3n) is 1.80. The minimum atomic E-state index is -0.897. The lowest BCUT2D eigenvalue weighted by Gasteiger charge is -1.98. The minimum Gasteiger partial charge on any atom is -0.375 e. The first-order chi connectivity index (χ1) is 7.08. The van der Waals surface area contributed by atoms with Gasteiger partial charge in [-0.3, -0.25) is 0 Å². The van der Waals surface area contributed by atoms with Gasteiger partial charge in [-0.25, -0.2) is 13.8 Å². The lowest BCUT2D eigenvalue weighted by Crippen LogP contribution is -1.87. The van der Waals surface area contributed by atoms with Crippen LogP contribution in [0, 0.1) is 11.6 Å². The van der Waals surface area contributed by atoms with Crippen LogP contribution >= 0.6 is 27.3 Å². The number of nitrogen functional groups attached to an aromatic ring is 1. The van der Waals surface area contributed by atoms with Gasteiger partial charge in [0, 0.05) is 5.56 Å². The van der Waals surface area contributed by atoms with Crippen molar-refractivity contribution >= 4 is 32.4 Å². The highest BCUT2D eigenvalue weighted by Gasteiger charge is 2.11. The zero-order valence-corrected chi connectivity index (χ0v) is 9.70. The maximum Gasteiger partial charge on any atom is 0.181 e. The Labute approximate surface area is 96.9 Å². The van der Waals surface area contributed by atoms with Crippen molar-refractivity contribution < 1.29 is 8.78 Å². The summed E-state index contributed by atoms with van der Waals surface area (Å²) < 4.78 is 26.3. The number of halogens is 3. The highest BCUT2D eigenvalue weighted by Crippen LogP contribution is 2.34. The van der Waals surface area contributed by atoms with Crippen LogP contribution in [0.5, 0.6) is 0 Å². The molecule has 1 heterocycles. The number of benzene rings is 1. The molecule has 0 saturated carbocycles. The van der Waals surface area contributed by atoms with Crippen LogP contribution in [0.1, 0.15) is 0 Å². The van der Waals surface area contributed by atoms with Crippen molar-refractivity contribution in [2.24, 2.45) is 0 Å². The monoisotopic (exact) mass is 290 g/mol. The quantitative estimate of drug-likeness (QED) is 0.874. The van der Waals surface area contributed by atoms with E-state index in [0.717, 1.165) is 12.1 Å². The predicted octanol–water partition coefficient (Wildman–Crippen LogP) is 3.43. The van der Waals surface area contributed by atoms with Gasteiger partial charge in [0.1, 0.15) is 0 Å². The molecule has 78 valence electrons. The largest absolute Gasteiger partial charge is 0.375 e. The van der Waals surface area contributed by atoms with Crippen LogP contribution in [-0.2, 0) is 0 Å². The van der Waals surface area contributed by atoms with Gasteiger partial charge < -0.3 is 5.73 Å². The molecule has 1 aromatic carbocycles. The Kier molecular flexibility index (Phi) is 2.70. The summed E-state index contributed by atoms with van der Waals surface area (Å²) in [6.07, 6.45) is 0. The molecule has 2 aromatic rings. The molecule has 0 radical (unpaired) electrons. The molecular formula is C9H5BrF2N2S. The molecule has 0 saturated heterocycles. The molecule has 2 nitrogen and oxygen atoms in total. The summed E-state index contributed by atoms with van der Waals surface area (Å²) in [7, 11) is 0. The number of nitrogens with zero attached hydrogens (tertiary/aromatic N) is 1. The van der Waals surface area contributed by atoms with E-state index in [4.69, 9.17) is 5.73 Å². The maximum absolute atomic E-state index is 13.0. The normalized spacial score (nSPS) is 10.6. The second-order valence-electron chi connectivity index (χ2n) is 2.80. The van der Waals surface area contributed by atoms with E-state index >= 15 is 0 Å². The standard InChI is InChI=1S/C9H5BrF2N2S/c10-8-7(14-9(13)15-8)4-1-2-5(11)6(12)3-4/h1-3H,(H2,13,14). The lowest BCUT2D eigenvalue weighted by atomic mass is 10.2. The minimum absolute atomic E-state index is 0.376. The van der Waals surface area contributed by atoms with E-state index in [1.807, 2.05) is 0 Å². The smallest absolute Gasteiger partial charge is 0.181 e. The molecule has 0 aliphatic carbocycles. The molecule has 0 aliphatic heterocycles. The van der Waals surface area contributed by atoms with Crippen molar-refractivity contribution in [1.82, 2.24) is 4.98 Å². The van der Waals surface area contributed by atoms with Crippen LogP contribution < -0.4 is 5.73 Å². The van der Waals surface area contributed by atoms with E-state index in [1.54, 1.807) is 0 Å². The van der Waals surface area contributed by atoms with Crippen LogP contribution in [0.25, 0.3) is 11.3 Å². The van der Waals surface area contributed by atoms with Crippen molar-refractivity contribution in [3.8, 4) is 11.3 Å². The molecule has 0 unspecified atom stereocenters. The first-order valence-corrected chi connectivity index (χ1v) is 5.56. The Hall–Kier alpha value is -1.01. The predicted molar refractivity (Wildman–Crippen MR) is 59.6 cm³/mol. The summed E-state index contributed by atoms with van der Waals surface area (Å²) in [5.41, 5.74) is 6.51. The number of nitrogens with two attached hydrogens (primary N) is 1. The SMILES string of the molecule is Nc1nc(-c2ccc(F)c(F)c2)c(Br)s1. The van der Waals surface area contributed by atoms with E-state index in [0.29, 0.717) is 20.2 Å². The second kappa shape index (κ2) is 3.86. The van der Waals surface area contributed by atoms with E-state index < -0.39 is 11.6 Å². The molecule has 0 amide bonds. The van der Waals surface area contributed by atoms with Crippen LogP contribution in [-0.4, -0.2) is 4.98 Å². The molecule has 1 aromatic heterocycles. The fraction of sp³-hybridized carbons (Fsp3) is 0. The summed E-state index contributed by atoms with van der Waals surface area (Å²) in [6, 6.07) is 3.61. The van der Waals surface area contributed by atoms with E-state index in [-0.39, 0.29) is 0 Å². The van der Waals surface area contributed by atoms with Crippen LogP contribution in [0.3, 0.4) is 0 Å². The van der Waals surface area contributed by atoms with Gasteiger partial charge in [0.2, 0.25) is 0 Å². The molecule has 0 bridgehead atoms. The molecule has 2 rings (SSSR count). The molecular weight excluding hydrogens is 286 g/mol.